The highest BCUT2D eigenvalue weighted by molar-refractivity contribution is 7.19. The quantitative estimate of drug-likeness (QED) is 0.646. The van der Waals surface area contributed by atoms with Crippen molar-refractivity contribution >= 4 is 39.4 Å². The first-order chi connectivity index (χ1) is 9.54. The molecular formula is C14H16ClN3OS. The van der Waals surface area contributed by atoms with Gasteiger partial charge in [-0.15, -0.1) is 11.3 Å². The molecule has 0 radical (unpaired) electrons. The predicted octanol–water partition coefficient (Wildman–Crippen LogP) is 2.58. The van der Waals surface area contributed by atoms with Gasteiger partial charge in [-0.25, -0.2) is 9.97 Å². The molecule has 2 aromatic rings. The average molecular weight is 310 g/mol. The molecule has 6 heteroatoms. The Morgan fingerprint density at radius 2 is 2.30 bits per heavy atom. The summed E-state index contributed by atoms with van der Waals surface area (Å²) in [6.45, 7) is 0.781. The van der Waals surface area contributed by atoms with Gasteiger partial charge in [0.2, 0.25) is 0 Å². The molecule has 4 nitrogen and oxygen atoms in total. The molecule has 2 heterocycles. The fourth-order valence-corrected chi connectivity index (χ4v) is 4.74. The van der Waals surface area contributed by atoms with Gasteiger partial charge >= 0.3 is 0 Å². The molecule has 0 saturated heterocycles. The van der Waals surface area contributed by atoms with Crippen LogP contribution in [0.5, 0.6) is 0 Å². The molecule has 0 spiro atoms. The lowest BCUT2D eigenvalue weighted by molar-refractivity contribution is -0.117. The van der Waals surface area contributed by atoms with E-state index in [0.29, 0.717) is 5.15 Å². The van der Waals surface area contributed by atoms with Crippen LogP contribution in [-0.2, 0) is 17.6 Å². The highest BCUT2D eigenvalue weighted by Crippen LogP contribution is 2.43. The van der Waals surface area contributed by atoms with Crippen LogP contribution in [0.15, 0.2) is 6.33 Å². The van der Waals surface area contributed by atoms with Crippen LogP contribution in [0.3, 0.4) is 0 Å². The number of halogens is 1. The predicted molar refractivity (Wildman–Crippen MR) is 81.5 cm³/mol. The van der Waals surface area contributed by atoms with Crippen LogP contribution < -0.4 is 0 Å². The van der Waals surface area contributed by atoms with Gasteiger partial charge < -0.3 is 9.69 Å². The van der Waals surface area contributed by atoms with Crippen molar-refractivity contribution in [2.75, 3.05) is 20.6 Å². The summed E-state index contributed by atoms with van der Waals surface area (Å²) >= 11 is 7.85. The third-order valence-corrected chi connectivity index (χ3v) is 5.32. The summed E-state index contributed by atoms with van der Waals surface area (Å²) in [5.41, 5.74) is 0.962. The van der Waals surface area contributed by atoms with Crippen LogP contribution in [-0.4, -0.2) is 41.8 Å². The zero-order chi connectivity index (χ0) is 14.3. The Morgan fingerprint density at radius 1 is 1.50 bits per heavy atom. The standard InChI is InChI=1S/C14H16ClN3OS/c1-18(2)6-14(7-19)4-3-9-10(5-14)20-13-11(9)12(15)16-8-17-13/h7-8H,3-6H2,1-2H3. The Hall–Kier alpha value is -1.04. The molecule has 1 atom stereocenters. The van der Waals surface area contributed by atoms with E-state index in [0.717, 1.165) is 42.3 Å². The van der Waals surface area contributed by atoms with Crippen molar-refractivity contribution in [2.45, 2.75) is 19.3 Å². The average Bonchev–Trinajstić information content (AvgIpc) is 2.76. The van der Waals surface area contributed by atoms with Gasteiger partial charge in [0.25, 0.3) is 0 Å². The van der Waals surface area contributed by atoms with Crippen LogP contribution in [0, 0.1) is 5.41 Å². The molecule has 0 N–H and O–H groups in total. The van der Waals surface area contributed by atoms with Crippen molar-refractivity contribution in [1.82, 2.24) is 14.9 Å². The Kier molecular flexibility index (Phi) is 3.52. The molecule has 3 rings (SSSR count). The largest absolute Gasteiger partial charge is 0.308 e. The number of aryl methyl sites for hydroxylation is 1. The highest BCUT2D eigenvalue weighted by atomic mass is 35.5. The summed E-state index contributed by atoms with van der Waals surface area (Å²) in [6, 6.07) is 0. The number of thiophene rings is 1. The normalized spacial score (nSPS) is 22.2. The van der Waals surface area contributed by atoms with E-state index in [1.54, 1.807) is 11.3 Å². The molecule has 1 aliphatic rings. The Bertz CT molecular complexity index is 670. The van der Waals surface area contributed by atoms with Gasteiger partial charge in [-0.3, -0.25) is 0 Å². The SMILES string of the molecule is CN(C)CC1(C=O)CCc2c(sc3ncnc(Cl)c23)C1. The van der Waals surface area contributed by atoms with E-state index in [2.05, 4.69) is 14.9 Å². The van der Waals surface area contributed by atoms with Gasteiger partial charge in [0, 0.05) is 16.8 Å². The van der Waals surface area contributed by atoms with Crippen LogP contribution >= 0.6 is 22.9 Å². The smallest absolute Gasteiger partial charge is 0.141 e. The molecule has 0 amide bonds. The lowest BCUT2D eigenvalue weighted by Gasteiger charge is -2.34. The van der Waals surface area contributed by atoms with Gasteiger partial charge in [0.15, 0.2) is 0 Å². The minimum atomic E-state index is -0.280. The van der Waals surface area contributed by atoms with Gasteiger partial charge in [-0.05, 0) is 38.9 Å². The van der Waals surface area contributed by atoms with E-state index < -0.39 is 0 Å². The number of aromatic nitrogens is 2. The topological polar surface area (TPSA) is 46.1 Å². The van der Waals surface area contributed by atoms with Crippen molar-refractivity contribution in [1.29, 1.82) is 0 Å². The Labute approximate surface area is 126 Å². The fourth-order valence-electron chi connectivity index (χ4n) is 3.09. The minimum absolute atomic E-state index is 0.280. The maximum absolute atomic E-state index is 11.6. The summed E-state index contributed by atoms with van der Waals surface area (Å²) in [6.07, 6.45) is 5.14. The number of nitrogens with zero attached hydrogens (tertiary/aromatic N) is 3. The number of aldehydes is 1. The van der Waals surface area contributed by atoms with Crippen LogP contribution in [0.1, 0.15) is 16.9 Å². The van der Waals surface area contributed by atoms with Gasteiger partial charge in [-0.2, -0.15) is 0 Å². The van der Waals surface area contributed by atoms with Gasteiger partial charge in [0.05, 0.1) is 5.39 Å². The van der Waals surface area contributed by atoms with Gasteiger partial charge in [0.1, 0.15) is 22.6 Å². The number of carbonyl (C=O) groups excluding carboxylic acids is 1. The highest BCUT2D eigenvalue weighted by Gasteiger charge is 2.37. The first kappa shape index (κ1) is 13.9. The number of hydrogen-bond acceptors (Lipinski definition) is 5. The van der Waals surface area contributed by atoms with Crippen molar-refractivity contribution in [3.05, 3.63) is 21.9 Å². The molecule has 20 heavy (non-hydrogen) atoms. The van der Waals surface area contributed by atoms with Crippen molar-refractivity contribution in [2.24, 2.45) is 5.41 Å². The summed E-state index contributed by atoms with van der Waals surface area (Å²) < 4.78 is 0. The maximum atomic E-state index is 11.6. The summed E-state index contributed by atoms with van der Waals surface area (Å²) in [7, 11) is 4.02. The monoisotopic (exact) mass is 309 g/mol. The lowest BCUT2D eigenvalue weighted by atomic mass is 9.75. The molecule has 106 valence electrons. The second-order valence-corrected chi connectivity index (χ2v) is 7.18. The summed E-state index contributed by atoms with van der Waals surface area (Å²) in [5.74, 6) is 0. The summed E-state index contributed by atoms with van der Waals surface area (Å²) in [5, 5.41) is 1.51. The third kappa shape index (κ3) is 2.24. The molecule has 0 saturated carbocycles. The molecule has 0 aromatic carbocycles. The number of carbonyl (C=O) groups is 1. The third-order valence-electron chi connectivity index (χ3n) is 3.89. The van der Waals surface area contributed by atoms with E-state index in [4.69, 9.17) is 11.6 Å². The second-order valence-electron chi connectivity index (χ2n) is 5.74. The first-order valence-corrected chi connectivity index (χ1v) is 7.76. The van der Waals surface area contributed by atoms with Crippen LogP contribution in [0.25, 0.3) is 10.2 Å². The zero-order valence-electron chi connectivity index (χ0n) is 11.5. The zero-order valence-corrected chi connectivity index (χ0v) is 13.1. The molecular weight excluding hydrogens is 294 g/mol. The Balaban J connectivity index is 2.06. The number of rotatable bonds is 3. The maximum Gasteiger partial charge on any atom is 0.141 e. The lowest BCUT2D eigenvalue weighted by Crippen LogP contribution is -2.39. The van der Waals surface area contributed by atoms with Gasteiger partial charge in [-0.1, -0.05) is 11.6 Å². The molecule has 0 aliphatic heterocycles. The van der Waals surface area contributed by atoms with E-state index in [9.17, 15) is 4.79 Å². The fraction of sp³-hybridized carbons (Fsp3) is 0.500. The molecule has 0 bridgehead atoms. The van der Waals surface area contributed by atoms with Crippen LogP contribution in [0.4, 0.5) is 0 Å². The summed E-state index contributed by atoms with van der Waals surface area (Å²) in [4.78, 5) is 24.3. The van der Waals surface area contributed by atoms with Crippen molar-refractivity contribution in [3.63, 3.8) is 0 Å². The first-order valence-electron chi connectivity index (χ1n) is 6.56. The minimum Gasteiger partial charge on any atom is -0.308 e. The van der Waals surface area contributed by atoms with E-state index >= 15 is 0 Å². The number of hydrogen-bond donors (Lipinski definition) is 0. The van der Waals surface area contributed by atoms with Crippen LogP contribution in [0.2, 0.25) is 5.15 Å². The molecule has 1 unspecified atom stereocenters. The molecule has 1 aliphatic carbocycles. The number of fused-ring (bicyclic) bond motifs is 3. The molecule has 2 aromatic heterocycles. The van der Waals surface area contributed by atoms with Crippen molar-refractivity contribution in [3.8, 4) is 0 Å². The Morgan fingerprint density at radius 3 is 3.00 bits per heavy atom. The van der Waals surface area contributed by atoms with E-state index in [-0.39, 0.29) is 5.41 Å². The van der Waals surface area contributed by atoms with E-state index in [1.807, 2.05) is 14.1 Å². The van der Waals surface area contributed by atoms with Crippen molar-refractivity contribution < 1.29 is 4.79 Å². The molecule has 0 fully saturated rings. The van der Waals surface area contributed by atoms with E-state index in [1.165, 1.54) is 16.8 Å². The second kappa shape index (κ2) is 5.06.